The van der Waals surface area contributed by atoms with E-state index in [9.17, 15) is 17.6 Å². The van der Waals surface area contributed by atoms with Gasteiger partial charge in [-0.15, -0.1) is 0 Å². The second-order valence-corrected chi connectivity index (χ2v) is 6.49. The number of nitrogens with one attached hydrogen (secondary N) is 1. The van der Waals surface area contributed by atoms with Crippen molar-refractivity contribution in [3.63, 3.8) is 0 Å². The third kappa shape index (κ3) is 3.86. The number of thiazole rings is 1. The topological polar surface area (TPSA) is 96.4 Å². The number of benzene rings is 1. The number of carboxylic acids is 1. The highest BCUT2D eigenvalue weighted by atomic mass is 32.2. The van der Waals surface area contributed by atoms with Gasteiger partial charge in [0.1, 0.15) is 10.7 Å². The molecular formula is C12H9FN2O4S2. The molecule has 6 nitrogen and oxygen atoms in total. The SMILES string of the molecule is O=C(O)C=Cc1cnc(NS(=O)(=O)c2ccccc2F)s1. The summed E-state index contributed by atoms with van der Waals surface area (Å²) in [4.78, 5) is 14.1. The van der Waals surface area contributed by atoms with E-state index in [2.05, 4.69) is 9.71 Å². The Morgan fingerprint density at radius 3 is 2.76 bits per heavy atom. The standard InChI is InChI=1S/C12H9FN2O4S2/c13-9-3-1-2-4-10(9)21(18,19)15-12-14-7-8(20-12)5-6-11(16)17/h1-7H,(H,14,15)(H,16,17). The van der Waals surface area contributed by atoms with E-state index in [1.807, 2.05) is 0 Å². The van der Waals surface area contributed by atoms with Gasteiger partial charge in [0.2, 0.25) is 0 Å². The normalized spacial score (nSPS) is 11.7. The fourth-order valence-corrected chi connectivity index (χ4v) is 3.44. The lowest BCUT2D eigenvalue weighted by atomic mass is 10.4. The molecule has 0 aliphatic heterocycles. The average molecular weight is 328 g/mol. The van der Waals surface area contributed by atoms with Crippen molar-refractivity contribution < 1.29 is 22.7 Å². The summed E-state index contributed by atoms with van der Waals surface area (Å²) >= 11 is 0.928. The van der Waals surface area contributed by atoms with E-state index in [-0.39, 0.29) is 5.13 Å². The van der Waals surface area contributed by atoms with Crippen molar-refractivity contribution in [1.29, 1.82) is 0 Å². The molecule has 0 saturated heterocycles. The van der Waals surface area contributed by atoms with Gasteiger partial charge in [0.05, 0.1) is 0 Å². The number of halogens is 1. The van der Waals surface area contributed by atoms with Crippen molar-refractivity contribution in [3.05, 3.63) is 47.2 Å². The van der Waals surface area contributed by atoms with Crippen molar-refractivity contribution >= 4 is 38.5 Å². The van der Waals surface area contributed by atoms with E-state index in [1.165, 1.54) is 24.4 Å². The van der Waals surface area contributed by atoms with Gasteiger partial charge >= 0.3 is 5.97 Å². The molecule has 0 aliphatic carbocycles. The van der Waals surface area contributed by atoms with E-state index in [0.29, 0.717) is 4.88 Å². The molecule has 0 saturated carbocycles. The van der Waals surface area contributed by atoms with Gasteiger partial charge < -0.3 is 5.11 Å². The molecule has 0 amide bonds. The van der Waals surface area contributed by atoms with Gasteiger partial charge in [0.15, 0.2) is 5.13 Å². The summed E-state index contributed by atoms with van der Waals surface area (Å²) in [6, 6.07) is 4.96. The first-order valence-corrected chi connectivity index (χ1v) is 7.82. The fraction of sp³-hybridized carbons (Fsp3) is 0. The number of hydrogen-bond donors (Lipinski definition) is 2. The van der Waals surface area contributed by atoms with Crippen LogP contribution in [0.4, 0.5) is 9.52 Å². The molecule has 110 valence electrons. The maximum Gasteiger partial charge on any atom is 0.328 e. The Morgan fingerprint density at radius 1 is 1.38 bits per heavy atom. The van der Waals surface area contributed by atoms with Crippen LogP contribution in [0.2, 0.25) is 0 Å². The van der Waals surface area contributed by atoms with Crippen LogP contribution in [-0.4, -0.2) is 24.5 Å². The van der Waals surface area contributed by atoms with Gasteiger partial charge in [0.25, 0.3) is 10.0 Å². The molecule has 0 fully saturated rings. The molecule has 2 N–H and O–H groups in total. The van der Waals surface area contributed by atoms with Crippen LogP contribution >= 0.6 is 11.3 Å². The summed E-state index contributed by atoms with van der Waals surface area (Å²) in [6.45, 7) is 0. The lowest BCUT2D eigenvalue weighted by molar-refractivity contribution is -0.131. The summed E-state index contributed by atoms with van der Waals surface area (Å²) in [5, 5.41) is 8.51. The third-order valence-corrected chi connectivity index (χ3v) is 4.64. The third-order valence-electron chi connectivity index (χ3n) is 2.26. The Balaban J connectivity index is 2.22. The number of anilines is 1. The molecule has 0 bridgehead atoms. The van der Waals surface area contributed by atoms with Crippen molar-refractivity contribution in [2.45, 2.75) is 4.90 Å². The van der Waals surface area contributed by atoms with Gasteiger partial charge in [-0.05, 0) is 18.2 Å². The Hall–Kier alpha value is -2.26. The minimum absolute atomic E-state index is 0.0169. The van der Waals surface area contributed by atoms with E-state index in [4.69, 9.17) is 5.11 Å². The first-order chi connectivity index (χ1) is 9.88. The van der Waals surface area contributed by atoms with E-state index in [0.717, 1.165) is 29.5 Å². The highest BCUT2D eigenvalue weighted by molar-refractivity contribution is 7.93. The maximum atomic E-state index is 13.5. The van der Waals surface area contributed by atoms with Crippen LogP contribution in [0.15, 0.2) is 41.4 Å². The number of aliphatic carboxylic acids is 1. The zero-order valence-corrected chi connectivity index (χ0v) is 12.0. The van der Waals surface area contributed by atoms with Crippen molar-refractivity contribution in [2.24, 2.45) is 0 Å². The molecule has 2 rings (SSSR count). The molecular weight excluding hydrogens is 319 g/mol. The summed E-state index contributed by atoms with van der Waals surface area (Å²) in [6.07, 6.45) is 3.49. The summed E-state index contributed by atoms with van der Waals surface area (Å²) < 4.78 is 39.6. The molecule has 0 unspecified atom stereocenters. The van der Waals surface area contributed by atoms with E-state index < -0.39 is 26.7 Å². The van der Waals surface area contributed by atoms with Crippen molar-refractivity contribution in [2.75, 3.05) is 4.72 Å². The molecule has 0 aliphatic rings. The predicted octanol–water partition coefficient (Wildman–Crippen LogP) is 2.18. The minimum Gasteiger partial charge on any atom is -0.478 e. The lowest BCUT2D eigenvalue weighted by Gasteiger charge is -2.05. The summed E-state index contributed by atoms with van der Waals surface area (Å²) in [7, 11) is -4.08. The van der Waals surface area contributed by atoms with Gasteiger partial charge in [-0.25, -0.2) is 22.6 Å². The molecule has 1 aromatic carbocycles. The van der Waals surface area contributed by atoms with Gasteiger partial charge in [0, 0.05) is 17.2 Å². The summed E-state index contributed by atoms with van der Waals surface area (Å²) in [5.41, 5.74) is 0. The number of rotatable bonds is 5. The second kappa shape index (κ2) is 6.02. The van der Waals surface area contributed by atoms with E-state index in [1.54, 1.807) is 0 Å². The van der Waals surface area contributed by atoms with Crippen LogP contribution in [0.25, 0.3) is 6.08 Å². The fourth-order valence-electron chi connectivity index (χ4n) is 1.40. The Labute approximate surface area is 123 Å². The van der Waals surface area contributed by atoms with Crippen LogP contribution in [0, 0.1) is 5.82 Å². The minimum atomic E-state index is -4.08. The summed E-state index contributed by atoms with van der Waals surface area (Å²) in [5.74, 6) is -2.00. The lowest BCUT2D eigenvalue weighted by Crippen LogP contribution is -2.14. The van der Waals surface area contributed by atoms with Crippen LogP contribution in [-0.2, 0) is 14.8 Å². The molecule has 0 radical (unpaired) electrons. The second-order valence-electron chi connectivity index (χ2n) is 3.78. The number of sulfonamides is 1. The maximum absolute atomic E-state index is 13.5. The molecule has 0 atom stereocenters. The zero-order valence-electron chi connectivity index (χ0n) is 10.4. The number of carboxylic acid groups (broad SMARTS) is 1. The van der Waals surface area contributed by atoms with Crippen LogP contribution < -0.4 is 4.72 Å². The molecule has 2 aromatic rings. The Kier molecular flexibility index (Phi) is 4.34. The van der Waals surface area contributed by atoms with Crippen molar-refractivity contribution in [3.8, 4) is 0 Å². The van der Waals surface area contributed by atoms with Crippen LogP contribution in [0.3, 0.4) is 0 Å². The predicted molar refractivity (Wildman–Crippen MR) is 76.0 cm³/mol. The molecule has 1 aromatic heterocycles. The first-order valence-electron chi connectivity index (χ1n) is 5.53. The number of hydrogen-bond acceptors (Lipinski definition) is 5. The first kappa shape index (κ1) is 15.1. The average Bonchev–Trinajstić information content (AvgIpc) is 2.83. The van der Waals surface area contributed by atoms with Gasteiger partial charge in [-0.3, -0.25) is 4.72 Å². The largest absolute Gasteiger partial charge is 0.478 e. The zero-order chi connectivity index (χ0) is 15.5. The quantitative estimate of drug-likeness (QED) is 0.820. The van der Waals surface area contributed by atoms with Gasteiger partial charge in [-0.1, -0.05) is 23.5 Å². The highest BCUT2D eigenvalue weighted by Crippen LogP contribution is 2.23. The van der Waals surface area contributed by atoms with Gasteiger partial charge in [-0.2, -0.15) is 0 Å². The smallest absolute Gasteiger partial charge is 0.328 e. The molecule has 1 heterocycles. The van der Waals surface area contributed by atoms with Crippen LogP contribution in [0.5, 0.6) is 0 Å². The molecule has 21 heavy (non-hydrogen) atoms. The van der Waals surface area contributed by atoms with E-state index >= 15 is 0 Å². The number of aromatic nitrogens is 1. The van der Waals surface area contributed by atoms with Crippen LogP contribution in [0.1, 0.15) is 4.88 Å². The monoisotopic (exact) mass is 328 g/mol. The molecule has 0 spiro atoms. The number of nitrogens with zero attached hydrogens (tertiary/aromatic N) is 1. The Morgan fingerprint density at radius 2 is 2.10 bits per heavy atom. The van der Waals surface area contributed by atoms with Crippen molar-refractivity contribution in [1.82, 2.24) is 4.98 Å². The molecule has 9 heteroatoms. The highest BCUT2D eigenvalue weighted by Gasteiger charge is 2.19. The Bertz CT molecular complexity index is 799. The number of carbonyl (C=O) groups is 1.